The maximum Gasteiger partial charge on any atom is 0.0965 e. The molecule has 0 amide bonds. The Bertz CT molecular complexity index is 279. The van der Waals surface area contributed by atoms with Crippen molar-refractivity contribution in [2.45, 2.75) is 38.1 Å². The molecule has 0 N–H and O–H groups in total. The molecule has 0 aliphatic rings. The van der Waals surface area contributed by atoms with E-state index >= 15 is 0 Å². The molecule has 0 atom stereocenters. The highest BCUT2D eigenvalue weighted by Crippen LogP contribution is 2.19. The van der Waals surface area contributed by atoms with Crippen molar-refractivity contribution in [1.82, 2.24) is 4.98 Å². The first-order valence-corrected chi connectivity index (χ1v) is 7.03. The number of aryl methyl sites for hydroxylation is 2. The van der Waals surface area contributed by atoms with Crippen LogP contribution in [0.4, 0.5) is 0 Å². The normalized spacial score (nSPS) is 10.6. The molecule has 0 unspecified atom stereocenters. The Morgan fingerprint density at radius 3 is 2.67 bits per heavy atom. The van der Waals surface area contributed by atoms with E-state index in [1.165, 1.54) is 35.6 Å². The molecule has 1 rings (SSSR count). The number of hydrogen-bond acceptors (Lipinski definition) is 3. The second kappa shape index (κ2) is 7.18. The number of unbranched alkanes of at least 4 members (excludes halogenated alkanes) is 2. The Morgan fingerprint density at radius 2 is 2.00 bits per heavy atom. The van der Waals surface area contributed by atoms with Gasteiger partial charge in [-0.2, -0.15) is 12.6 Å². The second-order valence-corrected chi connectivity index (χ2v) is 5.32. The Balaban J connectivity index is 2.31. The molecule has 15 heavy (non-hydrogen) atoms. The highest BCUT2D eigenvalue weighted by molar-refractivity contribution is 7.99. The average molecular weight is 241 g/mol. The lowest BCUT2D eigenvalue weighted by Crippen LogP contribution is -1.89. The Kier molecular flexibility index (Phi) is 6.18. The molecule has 1 heterocycles. The van der Waals surface area contributed by atoms with Crippen LogP contribution in [-0.2, 0) is 0 Å². The summed E-state index contributed by atoms with van der Waals surface area (Å²) in [4.78, 5) is 4.50. The van der Waals surface area contributed by atoms with Crippen molar-refractivity contribution in [1.29, 1.82) is 0 Å². The highest BCUT2D eigenvalue weighted by Gasteiger charge is 1.98. The standard InChI is InChI=1S/C12H19NS2/c1-10-8-11(2)13-12(9-10)15-7-5-3-4-6-14/h8-9,14H,3-7H2,1-2H3. The summed E-state index contributed by atoms with van der Waals surface area (Å²) in [6, 6.07) is 4.28. The quantitative estimate of drug-likeness (QED) is 0.461. The van der Waals surface area contributed by atoms with Gasteiger partial charge in [0, 0.05) is 5.69 Å². The van der Waals surface area contributed by atoms with Gasteiger partial charge >= 0.3 is 0 Å². The third-order valence-corrected chi connectivity index (χ3v) is 3.44. The van der Waals surface area contributed by atoms with Crippen LogP contribution in [0.15, 0.2) is 17.2 Å². The van der Waals surface area contributed by atoms with E-state index in [4.69, 9.17) is 0 Å². The van der Waals surface area contributed by atoms with Gasteiger partial charge in [0.1, 0.15) is 0 Å². The number of rotatable bonds is 6. The first-order valence-electron chi connectivity index (χ1n) is 5.41. The highest BCUT2D eigenvalue weighted by atomic mass is 32.2. The summed E-state index contributed by atoms with van der Waals surface area (Å²) >= 11 is 6.06. The van der Waals surface area contributed by atoms with Gasteiger partial charge < -0.3 is 0 Å². The minimum atomic E-state index is 1.01. The van der Waals surface area contributed by atoms with E-state index in [-0.39, 0.29) is 0 Å². The SMILES string of the molecule is Cc1cc(C)nc(SCCCCCS)c1. The van der Waals surface area contributed by atoms with E-state index in [2.05, 4.69) is 43.6 Å². The Morgan fingerprint density at radius 1 is 1.20 bits per heavy atom. The van der Waals surface area contributed by atoms with E-state index in [0.717, 1.165) is 11.4 Å². The molecule has 0 aromatic carbocycles. The lowest BCUT2D eigenvalue weighted by molar-refractivity contribution is 0.786. The zero-order valence-electron chi connectivity index (χ0n) is 9.49. The third-order valence-electron chi connectivity index (χ3n) is 2.13. The zero-order chi connectivity index (χ0) is 11.1. The molecule has 0 aliphatic carbocycles. The van der Waals surface area contributed by atoms with Gasteiger partial charge in [-0.1, -0.05) is 6.42 Å². The minimum absolute atomic E-state index is 1.01. The zero-order valence-corrected chi connectivity index (χ0v) is 11.2. The summed E-state index contributed by atoms with van der Waals surface area (Å²) in [5.41, 5.74) is 2.42. The molecular formula is C12H19NS2. The fourth-order valence-electron chi connectivity index (χ4n) is 1.45. The summed E-state index contributed by atoms with van der Waals surface area (Å²) < 4.78 is 0. The second-order valence-electron chi connectivity index (χ2n) is 3.76. The van der Waals surface area contributed by atoms with Crippen molar-refractivity contribution in [3.05, 3.63) is 23.4 Å². The molecule has 3 heteroatoms. The van der Waals surface area contributed by atoms with Crippen molar-refractivity contribution in [3.8, 4) is 0 Å². The minimum Gasteiger partial charge on any atom is -0.247 e. The van der Waals surface area contributed by atoms with Gasteiger partial charge in [0.25, 0.3) is 0 Å². The average Bonchev–Trinajstić information content (AvgIpc) is 2.16. The molecule has 0 aliphatic heterocycles. The predicted molar refractivity (Wildman–Crippen MR) is 72.1 cm³/mol. The number of nitrogens with zero attached hydrogens (tertiary/aromatic N) is 1. The maximum absolute atomic E-state index is 4.50. The maximum atomic E-state index is 4.50. The number of thiol groups is 1. The van der Waals surface area contributed by atoms with Crippen LogP contribution in [0, 0.1) is 13.8 Å². The molecule has 1 aromatic rings. The van der Waals surface area contributed by atoms with Crippen LogP contribution in [-0.4, -0.2) is 16.5 Å². The van der Waals surface area contributed by atoms with E-state index in [1.54, 1.807) is 0 Å². The molecule has 1 nitrogen and oxygen atoms in total. The van der Waals surface area contributed by atoms with Gasteiger partial charge in [0.15, 0.2) is 0 Å². The monoisotopic (exact) mass is 241 g/mol. The van der Waals surface area contributed by atoms with Crippen LogP contribution in [0.2, 0.25) is 0 Å². The molecule has 0 spiro atoms. The molecule has 0 bridgehead atoms. The first-order chi connectivity index (χ1) is 7.22. The van der Waals surface area contributed by atoms with Crippen LogP contribution in [0.3, 0.4) is 0 Å². The van der Waals surface area contributed by atoms with Crippen molar-refractivity contribution < 1.29 is 0 Å². The summed E-state index contributed by atoms with van der Waals surface area (Å²) in [5.74, 6) is 2.18. The summed E-state index contributed by atoms with van der Waals surface area (Å²) in [6.45, 7) is 4.18. The smallest absolute Gasteiger partial charge is 0.0965 e. The molecule has 84 valence electrons. The Hall–Kier alpha value is -0.150. The molecular weight excluding hydrogens is 222 g/mol. The number of hydrogen-bond donors (Lipinski definition) is 1. The van der Waals surface area contributed by atoms with Gasteiger partial charge in [-0.15, -0.1) is 11.8 Å². The molecule has 0 radical (unpaired) electrons. The van der Waals surface area contributed by atoms with Gasteiger partial charge in [-0.05, 0) is 55.9 Å². The van der Waals surface area contributed by atoms with Crippen LogP contribution in [0.25, 0.3) is 0 Å². The lowest BCUT2D eigenvalue weighted by atomic mass is 10.3. The molecule has 1 aromatic heterocycles. The van der Waals surface area contributed by atoms with Crippen LogP contribution < -0.4 is 0 Å². The van der Waals surface area contributed by atoms with Crippen molar-refractivity contribution >= 4 is 24.4 Å². The van der Waals surface area contributed by atoms with E-state index in [9.17, 15) is 0 Å². The van der Waals surface area contributed by atoms with Crippen molar-refractivity contribution in [2.24, 2.45) is 0 Å². The van der Waals surface area contributed by atoms with Crippen LogP contribution in [0.5, 0.6) is 0 Å². The topological polar surface area (TPSA) is 12.9 Å². The van der Waals surface area contributed by atoms with Gasteiger partial charge in [0.05, 0.1) is 5.03 Å². The largest absolute Gasteiger partial charge is 0.247 e. The molecule has 0 saturated heterocycles. The van der Waals surface area contributed by atoms with Gasteiger partial charge in [0.2, 0.25) is 0 Å². The first kappa shape index (κ1) is 12.9. The number of pyridine rings is 1. The van der Waals surface area contributed by atoms with Crippen LogP contribution >= 0.6 is 24.4 Å². The fraction of sp³-hybridized carbons (Fsp3) is 0.583. The summed E-state index contributed by atoms with van der Waals surface area (Å²) in [7, 11) is 0. The summed E-state index contributed by atoms with van der Waals surface area (Å²) in [6.07, 6.45) is 3.77. The molecule has 0 fully saturated rings. The van der Waals surface area contributed by atoms with Crippen molar-refractivity contribution in [2.75, 3.05) is 11.5 Å². The lowest BCUT2D eigenvalue weighted by Gasteiger charge is -2.03. The predicted octanol–water partition coefficient (Wildman–Crippen LogP) is 3.89. The van der Waals surface area contributed by atoms with E-state index in [0.29, 0.717) is 0 Å². The molecule has 0 saturated carbocycles. The van der Waals surface area contributed by atoms with Crippen molar-refractivity contribution in [3.63, 3.8) is 0 Å². The number of aromatic nitrogens is 1. The van der Waals surface area contributed by atoms with E-state index in [1.807, 2.05) is 11.8 Å². The fourth-order valence-corrected chi connectivity index (χ4v) is 2.70. The third kappa shape index (κ3) is 5.47. The Labute approximate surface area is 102 Å². The van der Waals surface area contributed by atoms with Gasteiger partial charge in [-0.25, -0.2) is 4.98 Å². The van der Waals surface area contributed by atoms with Gasteiger partial charge in [-0.3, -0.25) is 0 Å². The van der Waals surface area contributed by atoms with Crippen LogP contribution in [0.1, 0.15) is 30.5 Å². The van der Waals surface area contributed by atoms with E-state index < -0.39 is 0 Å². The number of thioether (sulfide) groups is 1. The summed E-state index contributed by atoms with van der Waals surface area (Å²) in [5, 5.41) is 1.17.